The molecule has 1 N–H and O–H groups in total. The number of methoxy groups -OCH3 is 1. The summed E-state index contributed by atoms with van der Waals surface area (Å²) in [6.45, 7) is 2.00. The third-order valence-electron chi connectivity index (χ3n) is 3.36. The Balaban J connectivity index is 2.34. The molecule has 0 atom stereocenters. The van der Waals surface area contributed by atoms with Crippen LogP contribution in [0.5, 0.6) is 5.75 Å². The molecule has 0 aromatic heterocycles. The van der Waals surface area contributed by atoms with Crippen molar-refractivity contribution in [2.75, 3.05) is 12.4 Å². The third-order valence-corrected chi connectivity index (χ3v) is 3.36. The van der Waals surface area contributed by atoms with Crippen LogP contribution in [-0.4, -0.2) is 17.6 Å². The largest absolute Gasteiger partial charge is 0.490 e. The van der Waals surface area contributed by atoms with E-state index in [-0.39, 0.29) is 22.7 Å². The van der Waals surface area contributed by atoms with Gasteiger partial charge in [-0.15, -0.1) is 0 Å². The maximum atomic E-state index is 13.8. The van der Waals surface area contributed by atoms with Gasteiger partial charge in [0.1, 0.15) is 0 Å². The van der Waals surface area contributed by atoms with Crippen LogP contribution in [0.2, 0.25) is 0 Å². The van der Waals surface area contributed by atoms with Gasteiger partial charge in [-0.05, 0) is 26.2 Å². The SMILES string of the molecule is COc1cc(NC2(C)CCC2)c(F)cc1[N+](=O)[O-]. The predicted molar refractivity (Wildman–Crippen MR) is 65.5 cm³/mol. The molecule has 1 aromatic carbocycles. The summed E-state index contributed by atoms with van der Waals surface area (Å²) in [5.74, 6) is -0.567. The van der Waals surface area contributed by atoms with Crippen LogP contribution in [0.1, 0.15) is 26.2 Å². The number of anilines is 1. The van der Waals surface area contributed by atoms with E-state index < -0.39 is 10.7 Å². The Morgan fingerprint density at radius 1 is 1.50 bits per heavy atom. The van der Waals surface area contributed by atoms with Crippen molar-refractivity contribution in [3.05, 3.63) is 28.1 Å². The summed E-state index contributed by atoms with van der Waals surface area (Å²) in [5, 5.41) is 13.8. The molecule has 98 valence electrons. The minimum atomic E-state index is -0.656. The molecule has 0 unspecified atom stereocenters. The lowest BCUT2D eigenvalue weighted by Crippen LogP contribution is -2.41. The Labute approximate surface area is 104 Å². The van der Waals surface area contributed by atoms with Gasteiger partial charge >= 0.3 is 5.69 Å². The normalized spacial score (nSPS) is 16.8. The van der Waals surface area contributed by atoms with Crippen LogP contribution in [0.25, 0.3) is 0 Å². The molecule has 0 radical (unpaired) electrons. The maximum Gasteiger partial charge on any atom is 0.313 e. The van der Waals surface area contributed by atoms with Gasteiger partial charge in [0, 0.05) is 11.6 Å². The highest BCUT2D eigenvalue weighted by Crippen LogP contribution is 2.38. The van der Waals surface area contributed by atoms with E-state index in [0.29, 0.717) is 0 Å². The molecule has 1 saturated carbocycles. The summed E-state index contributed by atoms with van der Waals surface area (Å²) in [6.07, 6.45) is 3.03. The van der Waals surface area contributed by atoms with Crippen molar-refractivity contribution in [3.8, 4) is 5.75 Å². The van der Waals surface area contributed by atoms with Crippen molar-refractivity contribution in [1.82, 2.24) is 0 Å². The molecule has 1 aromatic rings. The van der Waals surface area contributed by atoms with Crippen LogP contribution in [-0.2, 0) is 0 Å². The average molecular weight is 254 g/mol. The molecule has 1 fully saturated rings. The molecule has 18 heavy (non-hydrogen) atoms. The number of rotatable bonds is 4. The number of nitro benzene ring substituents is 1. The summed E-state index contributed by atoms with van der Waals surface area (Å²) in [7, 11) is 1.33. The van der Waals surface area contributed by atoms with Crippen LogP contribution in [0, 0.1) is 15.9 Å². The first-order chi connectivity index (χ1) is 8.45. The lowest BCUT2D eigenvalue weighted by Gasteiger charge is -2.40. The fourth-order valence-electron chi connectivity index (χ4n) is 2.10. The summed E-state index contributed by atoms with van der Waals surface area (Å²) in [4.78, 5) is 10.1. The van der Waals surface area contributed by atoms with Crippen molar-refractivity contribution in [1.29, 1.82) is 0 Å². The van der Waals surface area contributed by atoms with Gasteiger partial charge in [0.05, 0.1) is 23.8 Å². The monoisotopic (exact) mass is 254 g/mol. The standard InChI is InChI=1S/C12H15FN2O3/c1-12(4-3-5-12)14-9-7-11(18-2)10(15(16)17)6-8(9)13/h6-7,14H,3-5H2,1-2H3. The minimum absolute atomic E-state index is 0.0619. The Morgan fingerprint density at radius 3 is 2.61 bits per heavy atom. The second-order valence-electron chi connectivity index (χ2n) is 4.80. The molecule has 6 heteroatoms. The van der Waals surface area contributed by atoms with Crippen LogP contribution in [0.3, 0.4) is 0 Å². The van der Waals surface area contributed by atoms with E-state index in [9.17, 15) is 14.5 Å². The summed E-state index contributed by atoms with van der Waals surface area (Å²) < 4.78 is 18.7. The number of ether oxygens (including phenoxy) is 1. The fourth-order valence-corrected chi connectivity index (χ4v) is 2.10. The van der Waals surface area contributed by atoms with Crippen molar-refractivity contribution >= 4 is 11.4 Å². The lowest BCUT2D eigenvalue weighted by molar-refractivity contribution is -0.385. The smallest absolute Gasteiger partial charge is 0.313 e. The van der Waals surface area contributed by atoms with E-state index in [0.717, 1.165) is 25.3 Å². The van der Waals surface area contributed by atoms with Crippen molar-refractivity contribution in [2.45, 2.75) is 31.7 Å². The number of halogens is 1. The quantitative estimate of drug-likeness (QED) is 0.662. The highest BCUT2D eigenvalue weighted by Gasteiger charge is 2.33. The zero-order valence-electron chi connectivity index (χ0n) is 10.3. The number of benzene rings is 1. The zero-order valence-corrected chi connectivity index (χ0v) is 10.3. The van der Waals surface area contributed by atoms with E-state index >= 15 is 0 Å². The maximum absolute atomic E-state index is 13.8. The van der Waals surface area contributed by atoms with Crippen LogP contribution >= 0.6 is 0 Å². The number of hydrogen-bond donors (Lipinski definition) is 1. The summed E-state index contributed by atoms with van der Waals surface area (Å²) in [5.41, 5.74) is -0.235. The number of hydrogen-bond acceptors (Lipinski definition) is 4. The van der Waals surface area contributed by atoms with Gasteiger partial charge in [-0.3, -0.25) is 10.1 Å². The van der Waals surface area contributed by atoms with Gasteiger partial charge in [0.2, 0.25) is 0 Å². The molecule has 1 aliphatic rings. The highest BCUT2D eigenvalue weighted by atomic mass is 19.1. The Bertz CT molecular complexity index is 486. The minimum Gasteiger partial charge on any atom is -0.490 e. The number of nitro groups is 1. The molecule has 0 heterocycles. The van der Waals surface area contributed by atoms with Crippen molar-refractivity contribution < 1.29 is 14.1 Å². The van der Waals surface area contributed by atoms with E-state index in [1.165, 1.54) is 13.2 Å². The molecule has 5 nitrogen and oxygen atoms in total. The predicted octanol–water partition coefficient (Wildman–Crippen LogP) is 3.10. The summed E-state index contributed by atoms with van der Waals surface area (Å²) in [6, 6.07) is 2.24. The van der Waals surface area contributed by atoms with Gasteiger partial charge in [-0.25, -0.2) is 4.39 Å². The summed E-state index contributed by atoms with van der Waals surface area (Å²) >= 11 is 0. The van der Waals surface area contributed by atoms with Crippen LogP contribution in [0.15, 0.2) is 12.1 Å². The number of nitrogens with zero attached hydrogens (tertiary/aromatic N) is 1. The molecular weight excluding hydrogens is 239 g/mol. The molecule has 2 rings (SSSR count). The van der Waals surface area contributed by atoms with E-state index in [1.54, 1.807) is 0 Å². The molecule has 0 amide bonds. The first kappa shape index (κ1) is 12.6. The first-order valence-electron chi connectivity index (χ1n) is 5.75. The van der Waals surface area contributed by atoms with E-state index in [2.05, 4.69) is 5.32 Å². The second kappa shape index (κ2) is 4.44. The highest BCUT2D eigenvalue weighted by molar-refractivity contribution is 5.60. The topological polar surface area (TPSA) is 64.4 Å². The molecule has 0 bridgehead atoms. The molecule has 0 spiro atoms. The van der Waals surface area contributed by atoms with Gasteiger partial charge in [0.25, 0.3) is 0 Å². The van der Waals surface area contributed by atoms with Crippen molar-refractivity contribution in [3.63, 3.8) is 0 Å². The average Bonchev–Trinajstić information content (AvgIpc) is 2.29. The molecule has 1 aliphatic carbocycles. The van der Waals surface area contributed by atoms with Gasteiger partial charge in [-0.2, -0.15) is 0 Å². The van der Waals surface area contributed by atoms with E-state index in [1.807, 2.05) is 6.92 Å². The van der Waals surface area contributed by atoms with Gasteiger partial charge in [-0.1, -0.05) is 0 Å². The third kappa shape index (κ3) is 2.23. The fraction of sp³-hybridized carbons (Fsp3) is 0.500. The molecule has 0 saturated heterocycles. The Hall–Kier alpha value is -1.85. The van der Waals surface area contributed by atoms with Crippen LogP contribution in [0.4, 0.5) is 15.8 Å². The Kier molecular flexibility index (Phi) is 3.11. The zero-order chi connectivity index (χ0) is 13.3. The van der Waals surface area contributed by atoms with Crippen molar-refractivity contribution in [2.24, 2.45) is 0 Å². The lowest BCUT2D eigenvalue weighted by atomic mass is 9.78. The van der Waals surface area contributed by atoms with E-state index in [4.69, 9.17) is 4.74 Å². The molecule has 0 aliphatic heterocycles. The second-order valence-corrected chi connectivity index (χ2v) is 4.80. The van der Waals surface area contributed by atoms with Gasteiger partial charge in [0.15, 0.2) is 11.6 Å². The van der Waals surface area contributed by atoms with Crippen LogP contribution < -0.4 is 10.1 Å². The Morgan fingerprint density at radius 2 is 2.17 bits per heavy atom. The number of nitrogens with one attached hydrogen (secondary N) is 1. The first-order valence-corrected chi connectivity index (χ1v) is 5.75. The molecular formula is C12H15FN2O3. The van der Waals surface area contributed by atoms with Gasteiger partial charge < -0.3 is 10.1 Å².